The first-order chi connectivity index (χ1) is 12.1. The summed E-state index contributed by atoms with van der Waals surface area (Å²) in [5.41, 5.74) is 9.05. The van der Waals surface area contributed by atoms with Gasteiger partial charge in [0, 0.05) is 25.3 Å². The Labute approximate surface area is 163 Å². The fourth-order valence-electron chi connectivity index (χ4n) is 2.89. The molecule has 0 saturated heterocycles. The molecule has 0 atom stereocenters. The van der Waals surface area contributed by atoms with Gasteiger partial charge in [-0.3, -0.25) is 9.69 Å². The maximum absolute atomic E-state index is 12.5. The highest BCUT2D eigenvalue weighted by atomic mass is 35.5. The molecule has 0 aromatic heterocycles. The zero-order chi connectivity index (χ0) is 18.1. The lowest BCUT2D eigenvalue weighted by Crippen LogP contribution is -2.38. The highest BCUT2D eigenvalue weighted by Gasteiger charge is 2.13. The van der Waals surface area contributed by atoms with Gasteiger partial charge in [0.25, 0.3) is 0 Å². The molecule has 0 spiro atoms. The van der Waals surface area contributed by atoms with Crippen molar-refractivity contribution in [2.75, 3.05) is 31.5 Å². The van der Waals surface area contributed by atoms with Crippen molar-refractivity contribution in [2.45, 2.75) is 26.2 Å². The van der Waals surface area contributed by atoms with E-state index in [0.717, 1.165) is 24.2 Å². The van der Waals surface area contributed by atoms with Crippen molar-refractivity contribution in [3.8, 4) is 0 Å². The first kappa shape index (κ1) is 22.2. The van der Waals surface area contributed by atoms with E-state index >= 15 is 0 Å². The van der Waals surface area contributed by atoms with E-state index in [9.17, 15) is 4.79 Å². The van der Waals surface area contributed by atoms with Crippen LogP contribution in [0.2, 0.25) is 0 Å². The zero-order valence-corrected chi connectivity index (χ0v) is 16.5. The number of rotatable bonds is 9. The van der Waals surface area contributed by atoms with Gasteiger partial charge in [0.1, 0.15) is 0 Å². The second kappa shape index (κ2) is 11.7. The van der Waals surface area contributed by atoms with Gasteiger partial charge in [-0.05, 0) is 29.5 Å². The predicted molar refractivity (Wildman–Crippen MR) is 112 cm³/mol. The maximum Gasteiger partial charge on any atom is 0.238 e. The number of hydrogen-bond donors (Lipinski definition) is 2. The number of nitrogens with zero attached hydrogens (tertiary/aromatic N) is 1. The summed E-state index contributed by atoms with van der Waals surface area (Å²) in [5, 5.41) is 3.06. The SMILES string of the molecule is CC(C)c1ccccc1NC(=O)CN(CCN)CCc1ccccc1.Cl. The summed E-state index contributed by atoms with van der Waals surface area (Å²) in [5.74, 6) is 0.379. The molecule has 0 aliphatic heterocycles. The van der Waals surface area contributed by atoms with E-state index < -0.39 is 0 Å². The predicted octanol–water partition coefficient (Wildman–Crippen LogP) is 3.67. The fourth-order valence-corrected chi connectivity index (χ4v) is 2.89. The third-order valence-corrected chi connectivity index (χ3v) is 4.23. The standard InChI is InChI=1S/C21H29N3O.ClH/c1-17(2)19-10-6-7-11-20(19)23-21(25)16-24(15-13-22)14-12-18-8-4-3-5-9-18;/h3-11,17H,12-16,22H2,1-2H3,(H,23,25);1H. The molecule has 0 saturated carbocycles. The largest absolute Gasteiger partial charge is 0.329 e. The quantitative estimate of drug-likeness (QED) is 0.703. The molecule has 0 bridgehead atoms. The molecule has 1 amide bonds. The molecule has 0 aliphatic carbocycles. The van der Waals surface area contributed by atoms with E-state index in [1.807, 2.05) is 36.4 Å². The second-order valence-electron chi connectivity index (χ2n) is 6.59. The number of amides is 1. The monoisotopic (exact) mass is 375 g/mol. The van der Waals surface area contributed by atoms with Crippen molar-refractivity contribution < 1.29 is 4.79 Å². The van der Waals surface area contributed by atoms with Crippen molar-refractivity contribution >= 4 is 24.0 Å². The minimum atomic E-state index is 0. The Morgan fingerprint density at radius 3 is 2.35 bits per heavy atom. The number of nitrogens with one attached hydrogen (secondary N) is 1. The molecule has 5 heteroatoms. The third-order valence-electron chi connectivity index (χ3n) is 4.23. The molecule has 0 fully saturated rings. The third kappa shape index (κ3) is 7.16. The Morgan fingerprint density at radius 1 is 1.04 bits per heavy atom. The van der Waals surface area contributed by atoms with Crippen molar-refractivity contribution in [1.29, 1.82) is 0 Å². The average molecular weight is 376 g/mol. The summed E-state index contributed by atoms with van der Waals surface area (Å²) >= 11 is 0. The summed E-state index contributed by atoms with van der Waals surface area (Å²) in [6.45, 7) is 6.70. The molecule has 26 heavy (non-hydrogen) atoms. The zero-order valence-electron chi connectivity index (χ0n) is 15.7. The van der Waals surface area contributed by atoms with Crippen LogP contribution in [0.4, 0.5) is 5.69 Å². The van der Waals surface area contributed by atoms with Gasteiger partial charge >= 0.3 is 0 Å². The van der Waals surface area contributed by atoms with E-state index in [0.29, 0.717) is 25.6 Å². The normalized spacial score (nSPS) is 10.7. The van der Waals surface area contributed by atoms with Gasteiger partial charge in [-0.1, -0.05) is 62.4 Å². The van der Waals surface area contributed by atoms with Crippen LogP contribution in [0.15, 0.2) is 54.6 Å². The summed E-state index contributed by atoms with van der Waals surface area (Å²) in [6.07, 6.45) is 0.913. The number of nitrogens with two attached hydrogens (primary N) is 1. The van der Waals surface area contributed by atoms with Crippen molar-refractivity contribution in [1.82, 2.24) is 4.90 Å². The van der Waals surface area contributed by atoms with Gasteiger partial charge in [0.05, 0.1) is 6.54 Å². The van der Waals surface area contributed by atoms with Crippen LogP contribution >= 0.6 is 12.4 Å². The summed E-state index contributed by atoms with van der Waals surface area (Å²) in [6, 6.07) is 18.3. The van der Waals surface area contributed by atoms with Gasteiger partial charge in [-0.2, -0.15) is 0 Å². The molecule has 2 aromatic carbocycles. The lowest BCUT2D eigenvalue weighted by molar-refractivity contribution is -0.117. The number of para-hydroxylation sites is 1. The highest BCUT2D eigenvalue weighted by Crippen LogP contribution is 2.23. The van der Waals surface area contributed by atoms with E-state index in [4.69, 9.17) is 5.73 Å². The van der Waals surface area contributed by atoms with Gasteiger partial charge < -0.3 is 11.1 Å². The Balaban J connectivity index is 0.00000338. The number of anilines is 1. The molecule has 2 aromatic rings. The van der Waals surface area contributed by atoms with Gasteiger partial charge in [0.15, 0.2) is 0 Å². The number of benzene rings is 2. The second-order valence-corrected chi connectivity index (χ2v) is 6.59. The van der Waals surface area contributed by atoms with Gasteiger partial charge in [0.2, 0.25) is 5.91 Å². The van der Waals surface area contributed by atoms with E-state index in [1.165, 1.54) is 5.56 Å². The first-order valence-electron chi connectivity index (χ1n) is 8.95. The van der Waals surface area contributed by atoms with E-state index in [2.05, 4.69) is 42.3 Å². The minimum absolute atomic E-state index is 0. The Bertz CT molecular complexity index is 661. The fraction of sp³-hybridized carbons (Fsp3) is 0.381. The topological polar surface area (TPSA) is 58.4 Å². The van der Waals surface area contributed by atoms with E-state index in [1.54, 1.807) is 0 Å². The molecular formula is C21H30ClN3O. The summed E-state index contributed by atoms with van der Waals surface area (Å²) in [4.78, 5) is 14.6. The van der Waals surface area contributed by atoms with Crippen molar-refractivity contribution in [3.63, 3.8) is 0 Å². The van der Waals surface area contributed by atoms with Gasteiger partial charge in [-0.25, -0.2) is 0 Å². The molecule has 4 nitrogen and oxygen atoms in total. The minimum Gasteiger partial charge on any atom is -0.329 e. The molecule has 3 N–H and O–H groups in total. The van der Waals surface area contributed by atoms with Crippen LogP contribution < -0.4 is 11.1 Å². The number of carbonyl (C=O) groups excluding carboxylic acids is 1. The smallest absolute Gasteiger partial charge is 0.238 e. The Morgan fingerprint density at radius 2 is 1.69 bits per heavy atom. The van der Waals surface area contributed by atoms with Crippen LogP contribution in [0.1, 0.15) is 30.9 Å². The molecule has 142 valence electrons. The molecule has 2 rings (SSSR count). The lowest BCUT2D eigenvalue weighted by atomic mass is 10.0. The molecule has 0 aliphatic rings. The van der Waals surface area contributed by atoms with Crippen molar-refractivity contribution in [3.05, 3.63) is 65.7 Å². The molecule has 0 unspecified atom stereocenters. The van der Waals surface area contributed by atoms with Crippen LogP contribution in [0.25, 0.3) is 0 Å². The molecular weight excluding hydrogens is 346 g/mol. The number of hydrogen-bond acceptors (Lipinski definition) is 3. The van der Waals surface area contributed by atoms with Crippen LogP contribution in [-0.2, 0) is 11.2 Å². The van der Waals surface area contributed by atoms with Crippen molar-refractivity contribution in [2.24, 2.45) is 5.73 Å². The maximum atomic E-state index is 12.5. The van der Waals surface area contributed by atoms with Gasteiger partial charge in [-0.15, -0.1) is 12.4 Å². The summed E-state index contributed by atoms with van der Waals surface area (Å²) in [7, 11) is 0. The summed E-state index contributed by atoms with van der Waals surface area (Å²) < 4.78 is 0. The van der Waals surface area contributed by atoms with Crippen LogP contribution in [0.3, 0.4) is 0 Å². The average Bonchev–Trinajstić information content (AvgIpc) is 2.61. The van der Waals surface area contributed by atoms with Crippen LogP contribution in [0.5, 0.6) is 0 Å². The number of halogens is 1. The lowest BCUT2D eigenvalue weighted by Gasteiger charge is -2.22. The number of carbonyl (C=O) groups is 1. The highest BCUT2D eigenvalue weighted by molar-refractivity contribution is 5.93. The van der Waals surface area contributed by atoms with E-state index in [-0.39, 0.29) is 18.3 Å². The Hall–Kier alpha value is -1.88. The first-order valence-corrected chi connectivity index (χ1v) is 8.95. The van der Waals surface area contributed by atoms with Crippen LogP contribution in [0, 0.1) is 0 Å². The van der Waals surface area contributed by atoms with Crippen LogP contribution in [-0.4, -0.2) is 37.0 Å². The molecule has 0 radical (unpaired) electrons. The Kier molecular flexibility index (Phi) is 9.96. The molecule has 0 heterocycles.